The van der Waals surface area contributed by atoms with Crippen LogP contribution in [0.1, 0.15) is 32.6 Å². The molecule has 2 aliphatic rings. The molecule has 3 rings (SSSR count). The molecule has 0 spiro atoms. The summed E-state index contributed by atoms with van der Waals surface area (Å²) in [6.07, 6.45) is 2.66. The van der Waals surface area contributed by atoms with E-state index in [0.29, 0.717) is 11.7 Å². The van der Waals surface area contributed by atoms with Gasteiger partial charge in [-0.15, -0.1) is 0 Å². The second kappa shape index (κ2) is 7.85. The molecule has 2 aliphatic carbocycles. The summed E-state index contributed by atoms with van der Waals surface area (Å²) in [6, 6.07) is 4.32. The highest BCUT2D eigenvalue weighted by atomic mass is 32.2. The van der Waals surface area contributed by atoms with Crippen molar-refractivity contribution in [2.45, 2.75) is 43.5 Å². The smallest absolute Gasteiger partial charge is 0.240 e. The molecule has 1 aromatic carbocycles. The van der Waals surface area contributed by atoms with Gasteiger partial charge in [0, 0.05) is 24.9 Å². The van der Waals surface area contributed by atoms with Gasteiger partial charge in [0.15, 0.2) is 0 Å². The van der Waals surface area contributed by atoms with Crippen LogP contribution in [-0.2, 0) is 19.6 Å². The molecule has 1 aromatic rings. The number of amides is 2. The normalized spacial score (nSPS) is 21.4. The largest absolute Gasteiger partial charge is 0.495 e. The molecule has 0 aliphatic heterocycles. The zero-order chi connectivity index (χ0) is 19.6. The fourth-order valence-corrected chi connectivity index (χ4v) is 4.10. The van der Waals surface area contributed by atoms with Crippen LogP contribution in [-0.4, -0.2) is 39.9 Å². The Labute approximate surface area is 159 Å². The first-order chi connectivity index (χ1) is 12.8. The summed E-state index contributed by atoms with van der Waals surface area (Å²) in [4.78, 5) is 24.0. The Balaban J connectivity index is 1.59. The minimum Gasteiger partial charge on any atom is -0.495 e. The van der Waals surface area contributed by atoms with Gasteiger partial charge in [-0.1, -0.05) is 6.92 Å². The maximum Gasteiger partial charge on any atom is 0.240 e. The molecule has 2 unspecified atom stereocenters. The van der Waals surface area contributed by atoms with Gasteiger partial charge in [0.1, 0.15) is 5.75 Å². The van der Waals surface area contributed by atoms with E-state index in [1.54, 1.807) is 0 Å². The molecule has 2 fully saturated rings. The second-order valence-corrected chi connectivity index (χ2v) is 8.88. The van der Waals surface area contributed by atoms with Gasteiger partial charge in [-0.3, -0.25) is 9.59 Å². The summed E-state index contributed by atoms with van der Waals surface area (Å²) in [5, 5.41) is 5.41. The fourth-order valence-electron chi connectivity index (χ4n) is 2.77. The molecular formula is C18H25N3O5S. The third-order valence-electron chi connectivity index (χ3n) is 4.75. The molecule has 0 saturated heterocycles. The van der Waals surface area contributed by atoms with Gasteiger partial charge in [-0.25, -0.2) is 13.1 Å². The monoisotopic (exact) mass is 395 g/mol. The van der Waals surface area contributed by atoms with Gasteiger partial charge in [0.25, 0.3) is 0 Å². The molecule has 2 amide bonds. The van der Waals surface area contributed by atoms with E-state index in [9.17, 15) is 18.0 Å². The first-order valence-electron chi connectivity index (χ1n) is 9.08. The third-order valence-corrected chi connectivity index (χ3v) is 6.27. The molecule has 2 saturated carbocycles. The van der Waals surface area contributed by atoms with Crippen molar-refractivity contribution in [2.75, 3.05) is 19.0 Å². The number of hydrogen-bond acceptors (Lipinski definition) is 5. The quantitative estimate of drug-likeness (QED) is 0.582. The van der Waals surface area contributed by atoms with E-state index in [4.69, 9.17) is 4.74 Å². The standard InChI is InChI=1S/C18H25N3O5S/c1-11-9-14(11)18(23)19-8-7-17(22)20-15-10-13(5-6-16(15)26-2)27(24,25)21-12-3-4-12/h5-6,10-12,14,21H,3-4,7-9H2,1-2H3,(H,19,23)(H,20,22). The Kier molecular flexibility index (Phi) is 5.71. The number of carbonyl (C=O) groups is 2. The molecule has 0 heterocycles. The summed E-state index contributed by atoms with van der Waals surface area (Å²) in [6.45, 7) is 2.25. The molecule has 3 N–H and O–H groups in total. The highest BCUT2D eigenvalue weighted by Crippen LogP contribution is 2.37. The van der Waals surface area contributed by atoms with Crippen LogP contribution in [0.2, 0.25) is 0 Å². The van der Waals surface area contributed by atoms with Crippen molar-refractivity contribution in [1.82, 2.24) is 10.0 Å². The van der Waals surface area contributed by atoms with Crippen LogP contribution in [0.5, 0.6) is 5.75 Å². The zero-order valence-corrected chi connectivity index (χ0v) is 16.3. The van der Waals surface area contributed by atoms with Crippen molar-refractivity contribution < 1.29 is 22.7 Å². The SMILES string of the molecule is COc1ccc(S(=O)(=O)NC2CC2)cc1NC(=O)CCNC(=O)C1CC1C. The average molecular weight is 395 g/mol. The van der Waals surface area contributed by atoms with Crippen LogP contribution < -0.4 is 20.1 Å². The average Bonchev–Trinajstić information content (AvgIpc) is 3.53. The topological polar surface area (TPSA) is 114 Å². The van der Waals surface area contributed by atoms with E-state index in [1.165, 1.54) is 25.3 Å². The lowest BCUT2D eigenvalue weighted by Gasteiger charge is -2.13. The Morgan fingerprint density at radius 1 is 1.26 bits per heavy atom. The van der Waals surface area contributed by atoms with Crippen LogP contribution in [0.4, 0.5) is 5.69 Å². The molecule has 27 heavy (non-hydrogen) atoms. The van der Waals surface area contributed by atoms with Crippen LogP contribution in [0.3, 0.4) is 0 Å². The van der Waals surface area contributed by atoms with E-state index in [0.717, 1.165) is 19.3 Å². The highest BCUT2D eigenvalue weighted by Gasteiger charge is 2.38. The predicted molar refractivity (Wildman–Crippen MR) is 99.9 cm³/mol. The van der Waals surface area contributed by atoms with E-state index < -0.39 is 10.0 Å². The molecule has 0 bridgehead atoms. The number of nitrogens with one attached hydrogen (secondary N) is 3. The number of methoxy groups -OCH3 is 1. The maximum atomic E-state index is 12.4. The van der Waals surface area contributed by atoms with Gasteiger partial charge in [0.05, 0.1) is 17.7 Å². The van der Waals surface area contributed by atoms with Crippen molar-refractivity contribution in [3.05, 3.63) is 18.2 Å². The van der Waals surface area contributed by atoms with Gasteiger partial charge in [-0.2, -0.15) is 0 Å². The van der Waals surface area contributed by atoms with Gasteiger partial charge >= 0.3 is 0 Å². The van der Waals surface area contributed by atoms with Gasteiger partial charge in [0.2, 0.25) is 21.8 Å². The number of benzene rings is 1. The van der Waals surface area contributed by atoms with E-state index in [-0.39, 0.29) is 47.3 Å². The zero-order valence-electron chi connectivity index (χ0n) is 15.4. The Morgan fingerprint density at radius 3 is 2.56 bits per heavy atom. The summed E-state index contributed by atoms with van der Waals surface area (Å²) in [5.74, 6) is 0.491. The fraction of sp³-hybridized carbons (Fsp3) is 0.556. The molecule has 0 radical (unpaired) electrons. The van der Waals surface area contributed by atoms with Crippen LogP contribution in [0.15, 0.2) is 23.1 Å². The molecule has 0 aromatic heterocycles. The van der Waals surface area contributed by atoms with Crippen molar-refractivity contribution >= 4 is 27.5 Å². The summed E-state index contributed by atoms with van der Waals surface area (Å²) < 4.78 is 32.5. The summed E-state index contributed by atoms with van der Waals surface area (Å²) >= 11 is 0. The number of rotatable bonds is 9. The Hall–Kier alpha value is -2.13. The number of ether oxygens (including phenoxy) is 1. The Morgan fingerprint density at radius 2 is 1.96 bits per heavy atom. The lowest BCUT2D eigenvalue weighted by Crippen LogP contribution is -2.29. The molecule has 2 atom stereocenters. The first-order valence-corrected chi connectivity index (χ1v) is 10.6. The van der Waals surface area contributed by atoms with E-state index >= 15 is 0 Å². The van der Waals surface area contributed by atoms with Crippen molar-refractivity contribution in [1.29, 1.82) is 0 Å². The van der Waals surface area contributed by atoms with Crippen molar-refractivity contribution in [3.63, 3.8) is 0 Å². The van der Waals surface area contributed by atoms with Gasteiger partial charge in [-0.05, 0) is 43.4 Å². The Bertz CT molecular complexity index is 835. The molecule has 148 valence electrons. The minimum atomic E-state index is -3.63. The van der Waals surface area contributed by atoms with Crippen LogP contribution in [0.25, 0.3) is 0 Å². The summed E-state index contributed by atoms with van der Waals surface area (Å²) in [5.41, 5.74) is 0.281. The number of sulfonamides is 1. The molecule has 9 heteroatoms. The first kappa shape index (κ1) is 19.6. The number of hydrogen-bond donors (Lipinski definition) is 3. The van der Waals surface area contributed by atoms with Crippen molar-refractivity contribution in [3.8, 4) is 5.75 Å². The van der Waals surface area contributed by atoms with Gasteiger partial charge < -0.3 is 15.4 Å². The molecule has 8 nitrogen and oxygen atoms in total. The second-order valence-electron chi connectivity index (χ2n) is 7.17. The minimum absolute atomic E-state index is 0.00654. The van der Waals surface area contributed by atoms with Crippen LogP contribution in [0, 0.1) is 11.8 Å². The predicted octanol–water partition coefficient (Wildman–Crippen LogP) is 1.24. The third kappa shape index (κ3) is 5.20. The molecular weight excluding hydrogens is 370 g/mol. The summed E-state index contributed by atoms with van der Waals surface area (Å²) in [7, 11) is -2.19. The lowest BCUT2D eigenvalue weighted by atomic mass is 10.2. The highest BCUT2D eigenvalue weighted by molar-refractivity contribution is 7.89. The number of carbonyl (C=O) groups excluding carboxylic acids is 2. The maximum absolute atomic E-state index is 12.4. The van der Waals surface area contributed by atoms with E-state index in [2.05, 4.69) is 15.4 Å². The van der Waals surface area contributed by atoms with Crippen LogP contribution >= 0.6 is 0 Å². The number of anilines is 1. The van der Waals surface area contributed by atoms with E-state index in [1.807, 2.05) is 6.92 Å². The van der Waals surface area contributed by atoms with Crippen molar-refractivity contribution in [2.24, 2.45) is 11.8 Å². The lowest BCUT2D eigenvalue weighted by molar-refractivity contribution is -0.122.